The first kappa shape index (κ1) is 26.5. The van der Waals surface area contributed by atoms with Crippen molar-refractivity contribution in [2.45, 2.75) is 57.3 Å². The van der Waals surface area contributed by atoms with Gasteiger partial charge in [0.1, 0.15) is 29.5 Å². The topological polar surface area (TPSA) is 30.9 Å². The van der Waals surface area contributed by atoms with E-state index in [2.05, 4.69) is 85.5 Å². The van der Waals surface area contributed by atoms with Crippen molar-refractivity contribution in [1.29, 1.82) is 0 Å². The van der Waals surface area contributed by atoms with Crippen molar-refractivity contribution in [1.82, 2.24) is 4.90 Å². The van der Waals surface area contributed by atoms with Crippen molar-refractivity contribution in [3.63, 3.8) is 0 Å². The number of hydrogen-bond donors (Lipinski definition) is 0. The highest BCUT2D eigenvalue weighted by atomic mass is 16.5. The van der Waals surface area contributed by atoms with Crippen LogP contribution in [0.4, 0.5) is 0 Å². The average Bonchev–Trinajstić information content (AvgIpc) is 3.30. The zero-order valence-electron chi connectivity index (χ0n) is 23.8. The summed E-state index contributed by atoms with van der Waals surface area (Å²) in [5, 5.41) is 0. The number of benzene rings is 4. The summed E-state index contributed by atoms with van der Waals surface area (Å²) in [7, 11) is 1.69. The van der Waals surface area contributed by atoms with Crippen molar-refractivity contribution in [2.24, 2.45) is 0 Å². The zero-order chi connectivity index (χ0) is 27.5. The largest absolute Gasteiger partial charge is 0.497 e. The second kappa shape index (κ2) is 11.4. The second-order valence-corrected chi connectivity index (χ2v) is 11.5. The van der Waals surface area contributed by atoms with Crippen molar-refractivity contribution in [2.75, 3.05) is 20.2 Å². The lowest BCUT2D eigenvalue weighted by Crippen LogP contribution is -2.49. The molecule has 0 bridgehead atoms. The fraction of sp³-hybridized carbons (Fsp3) is 0.333. The summed E-state index contributed by atoms with van der Waals surface area (Å²) in [6.07, 6.45) is 1.99. The maximum atomic E-state index is 6.93. The molecule has 0 radical (unpaired) electrons. The molecule has 0 N–H and O–H groups in total. The van der Waals surface area contributed by atoms with E-state index < -0.39 is 0 Å². The highest BCUT2D eigenvalue weighted by molar-refractivity contribution is 5.53. The Kier molecular flexibility index (Phi) is 7.53. The smallest absolute Gasteiger partial charge is 0.124 e. The van der Waals surface area contributed by atoms with Crippen molar-refractivity contribution >= 4 is 0 Å². The summed E-state index contributed by atoms with van der Waals surface area (Å²) in [6, 6.07) is 34.4. The normalized spacial score (nSPS) is 17.9. The molecule has 0 amide bonds. The third kappa shape index (κ3) is 5.46. The Balaban J connectivity index is 1.25. The van der Waals surface area contributed by atoms with Gasteiger partial charge in [-0.25, -0.2) is 0 Å². The van der Waals surface area contributed by atoms with Gasteiger partial charge < -0.3 is 14.2 Å². The molecule has 1 saturated heterocycles. The summed E-state index contributed by atoms with van der Waals surface area (Å²) in [4.78, 5) is 2.56. The third-order valence-corrected chi connectivity index (χ3v) is 8.58. The molecule has 0 aliphatic carbocycles. The van der Waals surface area contributed by atoms with Crippen LogP contribution in [-0.2, 0) is 13.2 Å². The van der Waals surface area contributed by atoms with E-state index in [1.54, 1.807) is 7.11 Å². The second-order valence-electron chi connectivity index (χ2n) is 11.5. The molecule has 4 aromatic rings. The first-order valence-corrected chi connectivity index (χ1v) is 14.5. The summed E-state index contributed by atoms with van der Waals surface area (Å²) in [6.45, 7) is 8.03. The van der Waals surface area contributed by atoms with Gasteiger partial charge in [0, 0.05) is 38.0 Å². The van der Waals surface area contributed by atoms with Crippen LogP contribution in [0, 0.1) is 0 Å². The van der Waals surface area contributed by atoms with Gasteiger partial charge in [0.15, 0.2) is 0 Å². The van der Waals surface area contributed by atoms with Crippen LogP contribution in [0.15, 0.2) is 97.1 Å². The Bertz CT molecular complexity index is 1410. The van der Waals surface area contributed by atoms with E-state index in [0.29, 0.717) is 12.5 Å². The maximum absolute atomic E-state index is 6.93. The maximum Gasteiger partial charge on any atom is 0.124 e. The van der Waals surface area contributed by atoms with Gasteiger partial charge in [0.2, 0.25) is 0 Å². The number of hydrogen-bond acceptors (Lipinski definition) is 4. The van der Waals surface area contributed by atoms with E-state index in [-0.39, 0.29) is 11.5 Å². The van der Waals surface area contributed by atoms with Crippen LogP contribution < -0.4 is 14.2 Å². The minimum atomic E-state index is -0.247. The number of piperidine rings is 1. The van der Waals surface area contributed by atoms with Crippen LogP contribution in [0.25, 0.3) is 0 Å². The van der Waals surface area contributed by atoms with E-state index in [1.165, 1.54) is 22.3 Å². The molecule has 1 unspecified atom stereocenters. The monoisotopic (exact) mass is 533 g/mol. The van der Waals surface area contributed by atoms with Gasteiger partial charge in [-0.1, -0.05) is 80.6 Å². The molecule has 2 heterocycles. The molecule has 206 valence electrons. The molecule has 1 atom stereocenters. The number of fused-ring (bicyclic) bond motifs is 1. The quantitative estimate of drug-likeness (QED) is 0.230. The molecule has 1 fully saturated rings. The fourth-order valence-corrected chi connectivity index (χ4v) is 6.26. The Hall–Kier alpha value is -3.76. The van der Waals surface area contributed by atoms with E-state index in [9.17, 15) is 0 Å². The molecule has 4 heteroatoms. The lowest BCUT2D eigenvalue weighted by Gasteiger charge is -2.42. The number of ether oxygens (including phenoxy) is 3. The van der Waals surface area contributed by atoms with Crippen LogP contribution in [-0.4, -0.2) is 30.7 Å². The Labute approximate surface area is 238 Å². The van der Waals surface area contributed by atoms with Crippen LogP contribution in [0.2, 0.25) is 0 Å². The molecule has 4 aromatic carbocycles. The van der Waals surface area contributed by atoms with E-state index in [1.807, 2.05) is 30.3 Å². The first-order chi connectivity index (χ1) is 19.5. The first-order valence-electron chi connectivity index (χ1n) is 14.5. The number of likely N-dealkylation sites (tertiary alicyclic amines) is 1. The Morgan fingerprint density at radius 1 is 0.825 bits per heavy atom. The van der Waals surface area contributed by atoms with Gasteiger partial charge in [-0.2, -0.15) is 0 Å². The molecule has 2 aliphatic heterocycles. The summed E-state index contributed by atoms with van der Waals surface area (Å²) in [5.41, 5.74) is 6.16. The third-order valence-electron chi connectivity index (χ3n) is 8.58. The van der Waals surface area contributed by atoms with Gasteiger partial charge >= 0.3 is 0 Å². The highest BCUT2D eigenvalue weighted by Crippen LogP contribution is 2.53. The van der Waals surface area contributed by atoms with Crippen LogP contribution >= 0.6 is 0 Å². The van der Waals surface area contributed by atoms with Crippen molar-refractivity contribution in [3.8, 4) is 17.2 Å². The highest BCUT2D eigenvalue weighted by Gasteiger charge is 2.50. The van der Waals surface area contributed by atoms with Gasteiger partial charge in [-0.3, -0.25) is 4.90 Å². The van der Waals surface area contributed by atoms with Crippen molar-refractivity contribution < 1.29 is 14.2 Å². The van der Waals surface area contributed by atoms with E-state index >= 15 is 0 Å². The molecule has 1 spiro atoms. The molecule has 40 heavy (non-hydrogen) atoms. The van der Waals surface area contributed by atoms with Gasteiger partial charge in [0.05, 0.1) is 13.0 Å². The molecular weight excluding hydrogens is 494 g/mol. The van der Waals surface area contributed by atoms with Gasteiger partial charge in [-0.05, 0) is 58.5 Å². The average molecular weight is 534 g/mol. The summed E-state index contributed by atoms with van der Waals surface area (Å²) < 4.78 is 18.5. The number of nitrogens with zero attached hydrogens (tertiary/aromatic N) is 1. The number of methoxy groups -OCH3 is 1. The molecule has 0 aromatic heterocycles. The van der Waals surface area contributed by atoms with Crippen LogP contribution in [0.3, 0.4) is 0 Å². The van der Waals surface area contributed by atoms with Gasteiger partial charge in [0.25, 0.3) is 0 Å². The summed E-state index contributed by atoms with van der Waals surface area (Å²) >= 11 is 0. The predicted molar refractivity (Wildman–Crippen MR) is 160 cm³/mol. The van der Waals surface area contributed by atoms with E-state index in [4.69, 9.17) is 14.2 Å². The van der Waals surface area contributed by atoms with Crippen molar-refractivity contribution in [3.05, 3.63) is 125 Å². The van der Waals surface area contributed by atoms with Crippen LogP contribution in [0.5, 0.6) is 17.2 Å². The fourth-order valence-electron chi connectivity index (χ4n) is 6.26. The van der Waals surface area contributed by atoms with Gasteiger partial charge in [-0.15, -0.1) is 0 Å². The molecule has 6 rings (SSSR count). The minimum absolute atomic E-state index is 0.173. The predicted octanol–water partition coefficient (Wildman–Crippen LogP) is 7.96. The van der Waals surface area contributed by atoms with E-state index in [0.717, 1.165) is 55.3 Å². The number of rotatable bonds is 8. The zero-order valence-corrected chi connectivity index (χ0v) is 23.8. The standard InChI is InChI=1S/C36H39NO3/c1-26(2)29-11-13-30(14-12-29)35-33-23-32(39-25-28-9-15-31(38-3)16-10-28)17-18-34(33)40-36(35)19-21-37(22-20-36)24-27-7-5-4-6-8-27/h4-18,23,26,35H,19-22,24-25H2,1-3H3. The molecule has 4 nitrogen and oxygen atoms in total. The molecule has 2 aliphatic rings. The summed E-state index contributed by atoms with van der Waals surface area (Å²) in [5.74, 6) is 3.40. The lowest BCUT2D eigenvalue weighted by atomic mass is 9.73. The molecular formula is C36H39NO3. The Morgan fingerprint density at radius 3 is 2.20 bits per heavy atom. The SMILES string of the molecule is COc1ccc(COc2ccc3c(c2)C(c2ccc(C(C)C)cc2)C2(CCN(Cc4ccccc4)CC2)O3)cc1. The molecule has 0 saturated carbocycles. The minimum Gasteiger partial charge on any atom is -0.497 e. The Morgan fingerprint density at radius 2 is 1.52 bits per heavy atom. The lowest BCUT2D eigenvalue weighted by molar-refractivity contribution is 0.00571. The van der Waals surface area contributed by atoms with Crippen LogP contribution in [0.1, 0.15) is 66.3 Å².